The average Bonchev–Trinajstić information content (AvgIpc) is 2.55. The fourth-order valence-electron chi connectivity index (χ4n) is 3.62. The van der Waals surface area contributed by atoms with E-state index in [-0.39, 0.29) is 11.6 Å². The molecule has 2 nitrogen and oxygen atoms in total. The molecule has 0 radical (unpaired) electrons. The van der Waals surface area contributed by atoms with E-state index in [1.54, 1.807) is 0 Å². The number of carbonyl (C=O) groups excluding carboxylic acids is 2. The first-order valence-electron chi connectivity index (χ1n) is 8.05. The van der Waals surface area contributed by atoms with E-state index in [9.17, 15) is 9.59 Å². The Morgan fingerprint density at radius 3 is 1.50 bits per heavy atom. The molecule has 0 spiro atoms. The molecule has 2 aromatic carbocycles. The highest BCUT2D eigenvalue weighted by Gasteiger charge is 2.20. The van der Waals surface area contributed by atoms with E-state index in [0.29, 0.717) is 12.8 Å². The minimum Gasteiger partial charge on any atom is -0.294 e. The highest BCUT2D eigenvalue weighted by molar-refractivity contribution is 6.01. The third-order valence-corrected chi connectivity index (χ3v) is 4.85. The van der Waals surface area contributed by atoms with Crippen LogP contribution in [0.25, 0.3) is 11.1 Å². The summed E-state index contributed by atoms with van der Waals surface area (Å²) in [5.74, 6) is 0.495. The van der Waals surface area contributed by atoms with Crippen molar-refractivity contribution >= 4 is 11.6 Å². The second kappa shape index (κ2) is 5.20. The zero-order valence-electron chi connectivity index (χ0n) is 12.5. The summed E-state index contributed by atoms with van der Waals surface area (Å²) >= 11 is 0. The summed E-state index contributed by atoms with van der Waals surface area (Å²) in [4.78, 5) is 24.2. The molecule has 22 heavy (non-hydrogen) atoms. The Bertz CT molecular complexity index is 719. The van der Waals surface area contributed by atoms with Crippen LogP contribution in [0.4, 0.5) is 0 Å². The van der Waals surface area contributed by atoms with E-state index < -0.39 is 0 Å². The van der Waals surface area contributed by atoms with Gasteiger partial charge in [-0.3, -0.25) is 9.59 Å². The Hall–Kier alpha value is -2.22. The topological polar surface area (TPSA) is 34.1 Å². The third-order valence-electron chi connectivity index (χ3n) is 4.85. The van der Waals surface area contributed by atoms with Gasteiger partial charge in [-0.05, 0) is 60.1 Å². The second-order valence-corrected chi connectivity index (χ2v) is 6.30. The van der Waals surface area contributed by atoms with Gasteiger partial charge in [-0.15, -0.1) is 0 Å². The predicted molar refractivity (Wildman–Crippen MR) is 86.4 cm³/mol. The molecular formula is C20H18O2. The van der Waals surface area contributed by atoms with Gasteiger partial charge in [-0.1, -0.05) is 24.3 Å². The summed E-state index contributed by atoms with van der Waals surface area (Å²) in [6.07, 6.45) is 5.20. The number of fused-ring (bicyclic) bond motifs is 2. The molecule has 4 rings (SSSR count). The van der Waals surface area contributed by atoms with Crippen LogP contribution in [0.5, 0.6) is 0 Å². The van der Waals surface area contributed by atoms with Gasteiger partial charge >= 0.3 is 0 Å². The lowest BCUT2D eigenvalue weighted by atomic mass is 9.86. The smallest absolute Gasteiger partial charge is 0.163 e. The van der Waals surface area contributed by atoms with Crippen LogP contribution in [0.3, 0.4) is 0 Å². The van der Waals surface area contributed by atoms with E-state index in [0.717, 1.165) is 59.1 Å². The van der Waals surface area contributed by atoms with E-state index in [1.807, 2.05) is 12.1 Å². The van der Waals surface area contributed by atoms with E-state index in [2.05, 4.69) is 24.3 Å². The molecule has 2 aromatic rings. The Balaban J connectivity index is 1.79. The zero-order chi connectivity index (χ0) is 15.1. The van der Waals surface area contributed by atoms with Gasteiger partial charge in [0.05, 0.1) is 0 Å². The summed E-state index contributed by atoms with van der Waals surface area (Å²) in [6.45, 7) is 0. The molecule has 0 bridgehead atoms. The van der Waals surface area contributed by atoms with E-state index in [4.69, 9.17) is 0 Å². The fraction of sp³-hybridized carbons (Fsp3) is 0.300. The lowest BCUT2D eigenvalue weighted by Crippen LogP contribution is -2.11. The first-order chi connectivity index (χ1) is 10.7. The fourth-order valence-corrected chi connectivity index (χ4v) is 3.62. The molecule has 0 aliphatic heterocycles. The number of rotatable bonds is 1. The monoisotopic (exact) mass is 290 g/mol. The highest BCUT2D eigenvalue weighted by Crippen LogP contribution is 2.30. The number of aryl methyl sites for hydroxylation is 2. The first kappa shape index (κ1) is 13.4. The average molecular weight is 290 g/mol. The SMILES string of the molecule is O=C1CCCc2ccc(-c3ccc4c(c3)C(=O)CCC4)cc21. The Kier molecular flexibility index (Phi) is 3.18. The maximum absolute atomic E-state index is 12.1. The second-order valence-electron chi connectivity index (χ2n) is 6.30. The van der Waals surface area contributed by atoms with Crippen LogP contribution in [0.1, 0.15) is 57.5 Å². The minimum absolute atomic E-state index is 0.247. The molecule has 0 aromatic heterocycles. The summed E-state index contributed by atoms with van der Waals surface area (Å²) in [5.41, 5.74) is 6.13. The molecule has 110 valence electrons. The number of carbonyl (C=O) groups is 2. The maximum Gasteiger partial charge on any atom is 0.163 e. The number of hydrogen-bond donors (Lipinski definition) is 0. The van der Waals surface area contributed by atoms with Crippen molar-refractivity contribution in [3.8, 4) is 11.1 Å². The Morgan fingerprint density at radius 2 is 1.05 bits per heavy atom. The van der Waals surface area contributed by atoms with Crippen LogP contribution in [0.15, 0.2) is 36.4 Å². The number of Topliss-reactive ketones (excluding diaryl/α,β-unsaturated/α-hetero) is 2. The third kappa shape index (κ3) is 2.19. The van der Waals surface area contributed by atoms with Crippen LogP contribution in [-0.2, 0) is 12.8 Å². The molecule has 2 aliphatic carbocycles. The summed E-state index contributed by atoms with van der Waals surface area (Å²) in [5, 5.41) is 0. The summed E-state index contributed by atoms with van der Waals surface area (Å²) in [7, 11) is 0. The van der Waals surface area contributed by atoms with Gasteiger partial charge in [-0.25, -0.2) is 0 Å². The molecule has 0 saturated heterocycles. The highest BCUT2D eigenvalue weighted by atomic mass is 16.1. The first-order valence-corrected chi connectivity index (χ1v) is 8.05. The molecule has 2 heteroatoms. The van der Waals surface area contributed by atoms with Crippen LogP contribution < -0.4 is 0 Å². The predicted octanol–water partition coefficient (Wildman–Crippen LogP) is 4.39. The molecular weight excluding hydrogens is 272 g/mol. The summed E-state index contributed by atoms with van der Waals surface area (Å²) < 4.78 is 0. The normalized spacial score (nSPS) is 17.1. The minimum atomic E-state index is 0.247. The standard InChI is InChI=1S/C20H18O2/c21-19-5-1-3-13-7-9-15(11-17(13)19)16-10-8-14-4-2-6-20(22)18(14)12-16/h7-12H,1-6H2. The van der Waals surface area contributed by atoms with Crippen molar-refractivity contribution in [1.29, 1.82) is 0 Å². The number of hydrogen-bond acceptors (Lipinski definition) is 2. The quantitative estimate of drug-likeness (QED) is 0.780. The molecule has 0 fully saturated rings. The van der Waals surface area contributed by atoms with Crippen molar-refractivity contribution in [2.75, 3.05) is 0 Å². The van der Waals surface area contributed by atoms with Crippen molar-refractivity contribution in [2.24, 2.45) is 0 Å². The number of ketones is 2. The maximum atomic E-state index is 12.1. The molecule has 2 aliphatic rings. The van der Waals surface area contributed by atoms with Gasteiger partial charge in [0.2, 0.25) is 0 Å². The van der Waals surface area contributed by atoms with Gasteiger partial charge in [0.25, 0.3) is 0 Å². The molecule has 0 atom stereocenters. The molecule has 0 heterocycles. The van der Waals surface area contributed by atoms with Crippen molar-refractivity contribution in [1.82, 2.24) is 0 Å². The van der Waals surface area contributed by atoms with Crippen molar-refractivity contribution in [2.45, 2.75) is 38.5 Å². The van der Waals surface area contributed by atoms with E-state index >= 15 is 0 Å². The van der Waals surface area contributed by atoms with Gasteiger partial charge < -0.3 is 0 Å². The Morgan fingerprint density at radius 1 is 0.591 bits per heavy atom. The van der Waals surface area contributed by atoms with Crippen LogP contribution in [0, 0.1) is 0 Å². The van der Waals surface area contributed by atoms with E-state index in [1.165, 1.54) is 0 Å². The molecule has 0 saturated carbocycles. The summed E-state index contributed by atoms with van der Waals surface area (Å²) in [6, 6.07) is 12.3. The van der Waals surface area contributed by atoms with Crippen LogP contribution in [-0.4, -0.2) is 11.6 Å². The van der Waals surface area contributed by atoms with Crippen LogP contribution >= 0.6 is 0 Å². The van der Waals surface area contributed by atoms with Crippen LogP contribution in [0.2, 0.25) is 0 Å². The molecule has 0 N–H and O–H groups in total. The molecule has 0 amide bonds. The van der Waals surface area contributed by atoms with Crippen molar-refractivity contribution in [3.05, 3.63) is 58.7 Å². The Labute approximate surface area is 130 Å². The molecule has 0 unspecified atom stereocenters. The van der Waals surface area contributed by atoms with Gasteiger partial charge in [0.1, 0.15) is 0 Å². The largest absolute Gasteiger partial charge is 0.294 e. The van der Waals surface area contributed by atoms with Gasteiger partial charge in [0, 0.05) is 24.0 Å². The van der Waals surface area contributed by atoms with Gasteiger partial charge in [-0.2, -0.15) is 0 Å². The van der Waals surface area contributed by atoms with Crippen molar-refractivity contribution < 1.29 is 9.59 Å². The number of benzene rings is 2. The zero-order valence-corrected chi connectivity index (χ0v) is 12.5. The van der Waals surface area contributed by atoms with Crippen molar-refractivity contribution in [3.63, 3.8) is 0 Å². The lowest BCUT2D eigenvalue weighted by Gasteiger charge is -2.18. The lowest BCUT2D eigenvalue weighted by molar-refractivity contribution is 0.0964. The van der Waals surface area contributed by atoms with Gasteiger partial charge in [0.15, 0.2) is 11.6 Å².